The Kier molecular flexibility index (Phi) is 5.41. The average Bonchev–Trinajstić information content (AvgIpc) is 2.96. The third kappa shape index (κ3) is 4.53. The molecular formula is C16H23NO3. The Morgan fingerprint density at radius 2 is 2.15 bits per heavy atom. The first-order valence-electron chi connectivity index (χ1n) is 7.28. The van der Waals surface area contributed by atoms with Crippen molar-refractivity contribution < 1.29 is 14.3 Å². The molecular weight excluding hydrogens is 254 g/mol. The van der Waals surface area contributed by atoms with Gasteiger partial charge in [-0.25, -0.2) is 0 Å². The topological polar surface area (TPSA) is 47.6 Å². The first kappa shape index (κ1) is 14.9. The van der Waals surface area contributed by atoms with Gasteiger partial charge in [-0.3, -0.25) is 4.79 Å². The monoisotopic (exact) mass is 277 g/mol. The molecule has 1 saturated heterocycles. The van der Waals surface area contributed by atoms with Crippen molar-refractivity contribution in [1.82, 2.24) is 5.32 Å². The molecule has 0 saturated carbocycles. The van der Waals surface area contributed by atoms with Crippen LogP contribution in [-0.2, 0) is 4.74 Å². The fourth-order valence-electron chi connectivity index (χ4n) is 2.08. The number of carbonyl (C=O) groups is 1. The summed E-state index contributed by atoms with van der Waals surface area (Å²) in [4.78, 5) is 12.0. The van der Waals surface area contributed by atoms with Gasteiger partial charge in [0, 0.05) is 18.7 Å². The first-order chi connectivity index (χ1) is 9.65. The lowest BCUT2D eigenvalue weighted by atomic mass is 10.2. The maximum Gasteiger partial charge on any atom is 0.251 e. The molecule has 0 aliphatic carbocycles. The maximum atomic E-state index is 12.0. The molecule has 110 valence electrons. The summed E-state index contributed by atoms with van der Waals surface area (Å²) in [5.74, 6) is 1.23. The van der Waals surface area contributed by atoms with E-state index in [1.165, 1.54) is 0 Å². The molecule has 0 unspecified atom stereocenters. The average molecular weight is 277 g/mol. The second kappa shape index (κ2) is 7.29. The first-order valence-corrected chi connectivity index (χ1v) is 7.28. The van der Waals surface area contributed by atoms with Gasteiger partial charge >= 0.3 is 0 Å². The highest BCUT2D eigenvalue weighted by atomic mass is 16.5. The van der Waals surface area contributed by atoms with Crippen LogP contribution in [0.3, 0.4) is 0 Å². The van der Waals surface area contributed by atoms with Crippen LogP contribution < -0.4 is 10.1 Å². The lowest BCUT2D eigenvalue weighted by molar-refractivity contribution is 0.0857. The molecule has 4 heteroatoms. The van der Waals surface area contributed by atoms with Crippen molar-refractivity contribution >= 4 is 5.91 Å². The number of nitrogens with one attached hydrogen (secondary N) is 1. The Bertz CT molecular complexity index is 422. The fraction of sp³-hybridized carbons (Fsp3) is 0.562. The van der Waals surface area contributed by atoms with Crippen LogP contribution in [0.25, 0.3) is 0 Å². The molecule has 1 aromatic rings. The van der Waals surface area contributed by atoms with Crippen molar-refractivity contribution in [2.24, 2.45) is 5.92 Å². The molecule has 4 nitrogen and oxygen atoms in total. The number of hydrogen-bond donors (Lipinski definition) is 1. The highest BCUT2D eigenvalue weighted by Gasteiger charge is 2.16. The number of amides is 1. The molecule has 1 amide bonds. The predicted molar refractivity (Wildman–Crippen MR) is 78.1 cm³/mol. The maximum absolute atomic E-state index is 12.0. The van der Waals surface area contributed by atoms with Gasteiger partial charge in [0.1, 0.15) is 5.75 Å². The molecule has 1 fully saturated rings. The van der Waals surface area contributed by atoms with E-state index in [-0.39, 0.29) is 12.0 Å². The molecule has 1 N–H and O–H groups in total. The van der Waals surface area contributed by atoms with Crippen molar-refractivity contribution in [1.29, 1.82) is 0 Å². The molecule has 0 spiro atoms. The zero-order chi connectivity index (χ0) is 14.4. The van der Waals surface area contributed by atoms with Crippen molar-refractivity contribution in [3.8, 4) is 5.75 Å². The Morgan fingerprint density at radius 1 is 1.40 bits per heavy atom. The van der Waals surface area contributed by atoms with Crippen LogP contribution in [0.4, 0.5) is 0 Å². The molecule has 0 aromatic heterocycles. The van der Waals surface area contributed by atoms with Crippen LogP contribution in [0.15, 0.2) is 24.3 Å². The number of ether oxygens (including phenoxy) is 2. The Hall–Kier alpha value is -1.55. The highest BCUT2D eigenvalue weighted by molar-refractivity contribution is 5.94. The van der Waals surface area contributed by atoms with Crippen molar-refractivity contribution in [3.63, 3.8) is 0 Å². The summed E-state index contributed by atoms with van der Waals surface area (Å²) in [5, 5.41) is 2.91. The second-order valence-electron chi connectivity index (χ2n) is 5.57. The molecule has 2 rings (SSSR count). The van der Waals surface area contributed by atoms with Gasteiger partial charge in [0.05, 0.1) is 12.7 Å². The van der Waals surface area contributed by atoms with E-state index < -0.39 is 0 Å². The molecule has 1 atom stereocenters. The summed E-state index contributed by atoms with van der Waals surface area (Å²) in [5.41, 5.74) is 0.653. The standard InChI is InChI=1S/C16H23NO3/c1-12(2)11-20-14-7-5-13(6-8-14)16(18)17-10-15-4-3-9-19-15/h5-8,12,15H,3-4,9-11H2,1-2H3,(H,17,18)/t15-/m1/s1. The number of benzene rings is 1. The van der Waals surface area contributed by atoms with Gasteiger partial charge < -0.3 is 14.8 Å². The minimum Gasteiger partial charge on any atom is -0.493 e. The smallest absolute Gasteiger partial charge is 0.251 e. The van der Waals surface area contributed by atoms with E-state index in [9.17, 15) is 4.79 Å². The summed E-state index contributed by atoms with van der Waals surface area (Å²) in [6, 6.07) is 7.26. The van der Waals surface area contributed by atoms with E-state index in [2.05, 4.69) is 19.2 Å². The minimum atomic E-state index is -0.0593. The van der Waals surface area contributed by atoms with E-state index in [0.717, 1.165) is 25.2 Å². The van der Waals surface area contributed by atoms with Crippen LogP contribution in [0.1, 0.15) is 37.0 Å². The molecule has 1 heterocycles. The van der Waals surface area contributed by atoms with Crippen LogP contribution in [0, 0.1) is 5.92 Å². The third-order valence-corrected chi connectivity index (χ3v) is 3.21. The molecule has 1 aromatic carbocycles. The molecule has 0 bridgehead atoms. The van der Waals surface area contributed by atoms with Gasteiger partial charge in [-0.2, -0.15) is 0 Å². The largest absolute Gasteiger partial charge is 0.493 e. The van der Waals surface area contributed by atoms with Gasteiger partial charge in [-0.05, 0) is 43.0 Å². The molecule has 0 radical (unpaired) electrons. The molecule has 1 aliphatic heterocycles. The van der Waals surface area contributed by atoms with Crippen LogP contribution >= 0.6 is 0 Å². The minimum absolute atomic E-state index is 0.0593. The Balaban J connectivity index is 1.80. The summed E-state index contributed by atoms with van der Waals surface area (Å²) in [6.07, 6.45) is 2.29. The lowest BCUT2D eigenvalue weighted by Gasteiger charge is -2.11. The quantitative estimate of drug-likeness (QED) is 0.869. The zero-order valence-corrected chi connectivity index (χ0v) is 12.2. The Labute approximate surface area is 120 Å². The van der Waals surface area contributed by atoms with Gasteiger partial charge in [0.2, 0.25) is 0 Å². The Morgan fingerprint density at radius 3 is 2.75 bits per heavy atom. The number of hydrogen-bond acceptors (Lipinski definition) is 3. The second-order valence-corrected chi connectivity index (χ2v) is 5.57. The summed E-state index contributed by atoms with van der Waals surface area (Å²) in [7, 11) is 0. The summed E-state index contributed by atoms with van der Waals surface area (Å²) >= 11 is 0. The van der Waals surface area contributed by atoms with E-state index in [1.54, 1.807) is 12.1 Å². The van der Waals surface area contributed by atoms with Crippen LogP contribution in [-0.4, -0.2) is 31.8 Å². The van der Waals surface area contributed by atoms with E-state index in [4.69, 9.17) is 9.47 Å². The van der Waals surface area contributed by atoms with Gasteiger partial charge in [-0.1, -0.05) is 13.8 Å². The number of carbonyl (C=O) groups excluding carboxylic acids is 1. The number of rotatable bonds is 6. The van der Waals surface area contributed by atoms with Crippen LogP contribution in [0.5, 0.6) is 5.75 Å². The fourth-order valence-corrected chi connectivity index (χ4v) is 2.08. The van der Waals surface area contributed by atoms with E-state index in [0.29, 0.717) is 24.6 Å². The van der Waals surface area contributed by atoms with Gasteiger partial charge in [0.25, 0.3) is 5.91 Å². The van der Waals surface area contributed by atoms with Crippen molar-refractivity contribution in [2.75, 3.05) is 19.8 Å². The van der Waals surface area contributed by atoms with E-state index >= 15 is 0 Å². The van der Waals surface area contributed by atoms with Crippen molar-refractivity contribution in [2.45, 2.75) is 32.8 Å². The molecule has 1 aliphatic rings. The van der Waals surface area contributed by atoms with Gasteiger partial charge in [0.15, 0.2) is 0 Å². The van der Waals surface area contributed by atoms with E-state index in [1.807, 2.05) is 12.1 Å². The molecule has 20 heavy (non-hydrogen) atoms. The predicted octanol–water partition coefficient (Wildman–Crippen LogP) is 2.63. The highest BCUT2D eigenvalue weighted by Crippen LogP contribution is 2.14. The summed E-state index contributed by atoms with van der Waals surface area (Å²) < 4.78 is 11.1. The zero-order valence-electron chi connectivity index (χ0n) is 12.2. The summed E-state index contributed by atoms with van der Waals surface area (Å²) in [6.45, 7) is 6.29. The van der Waals surface area contributed by atoms with Gasteiger partial charge in [-0.15, -0.1) is 0 Å². The SMILES string of the molecule is CC(C)COc1ccc(C(=O)NC[C@H]2CCCO2)cc1. The van der Waals surface area contributed by atoms with Crippen molar-refractivity contribution in [3.05, 3.63) is 29.8 Å². The normalized spacial score (nSPS) is 18.2. The van der Waals surface area contributed by atoms with Crippen LogP contribution in [0.2, 0.25) is 0 Å². The lowest BCUT2D eigenvalue weighted by Crippen LogP contribution is -2.31. The third-order valence-electron chi connectivity index (χ3n) is 3.21.